The van der Waals surface area contributed by atoms with Gasteiger partial charge in [-0.1, -0.05) is 19.1 Å². The highest BCUT2D eigenvalue weighted by atomic mass is 16.5. The second-order valence-electron chi connectivity index (χ2n) is 10.3. The molecule has 7 nitrogen and oxygen atoms in total. The molecule has 1 aromatic heterocycles. The number of H-pyrrole nitrogens is 1. The Bertz CT molecular complexity index is 1020. The fourth-order valence-corrected chi connectivity index (χ4v) is 5.88. The number of aryl methyl sites for hydroxylation is 1. The molecule has 3 aliphatic rings. The molecule has 0 saturated carbocycles. The molecule has 178 valence electrons. The summed E-state index contributed by atoms with van der Waals surface area (Å²) in [5.41, 5.74) is 2.43. The van der Waals surface area contributed by atoms with Gasteiger partial charge >= 0.3 is 0 Å². The Morgan fingerprint density at radius 2 is 2.06 bits per heavy atom. The molecule has 1 spiro atoms. The van der Waals surface area contributed by atoms with Crippen LogP contribution in [0.25, 0.3) is 0 Å². The Morgan fingerprint density at radius 1 is 1.27 bits per heavy atom. The second-order valence-corrected chi connectivity index (χ2v) is 10.3. The summed E-state index contributed by atoms with van der Waals surface area (Å²) in [5, 5.41) is 7.03. The third-order valence-electron chi connectivity index (χ3n) is 7.87. The molecular weight excluding hydrogens is 418 g/mol. The maximum Gasteiger partial charge on any atom is 0.257 e. The molecule has 0 aliphatic carbocycles. The number of carbonyl (C=O) groups excluding carboxylic acids is 1. The van der Waals surface area contributed by atoms with Gasteiger partial charge in [-0.25, -0.2) is 0 Å². The van der Waals surface area contributed by atoms with Crippen molar-refractivity contribution in [1.29, 1.82) is 0 Å². The molecule has 2 atom stereocenters. The summed E-state index contributed by atoms with van der Waals surface area (Å²) in [7, 11) is 0. The third-order valence-corrected chi connectivity index (χ3v) is 7.87. The van der Waals surface area contributed by atoms with E-state index >= 15 is 0 Å². The van der Waals surface area contributed by atoms with Gasteiger partial charge in [0.1, 0.15) is 5.60 Å². The summed E-state index contributed by atoms with van der Waals surface area (Å²) in [6.45, 7) is 11.2. The van der Waals surface area contributed by atoms with Gasteiger partial charge in [0.2, 0.25) is 0 Å². The van der Waals surface area contributed by atoms with E-state index in [1.165, 1.54) is 0 Å². The SMILES string of the molecule is CCOc1cccc2c1OC(C)(C)[C@H]1CC3(CCN(C(=O)c4cn[nH]c4CC)CC3)CO[C@H]21. The van der Waals surface area contributed by atoms with Crippen LogP contribution in [0.3, 0.4) is 0 Å². The van der Waals surface area contributed by atoms with E-state index in [9.17, 15) is 4.79 Å². The van der Waals surface area contributed by atoms with Gasteiger partial charge in [-0.05, 0) is 57.9 Å². The molecule has 5 rings (SSSR count). The number of nitrogens with zero attached hydrogens (tertiary/aromatic N) is 2. The predicted octanol–water partition coefficient (Wildman–Crippen LogP) is 4.54. The monoisotopic (exact) mass is 453 g/mol. The molecular formula is C26H35N3O4. The summed E-state index contributed by atoms with van der Waals surface area (Å²) in [6, 6.07) is 6.11. The smallest absolute Gasteiger partial charge is 0.257 e. The predicted molar refractivity (Wildman–Crippen MR) is 125 cm³/mol. The minimum absolute atomic E-state index is 0.00693. The normalized spacial score (nSPS) is 25.2. The van der Waals surface area contributed by atoms with Crippen LogP contribution >= 0.6 is 0 Å². The average molecular weight is 454 g/mol. The lowest BCUT2D eigenvalue weighted by Gasteiger charge is -2.54. The van der Waals surface area contributed by atoms with Crippen LogP contribution in [0.15, 0.2) is 24.4 Å². The first-order valence-electron chi connectivity index (χ1n) is 12.3. The molecule has 0 radical (unpaired) electrons. The highest BCUT2D eigenvalue weighted by Crippen LogP contribution is 2.57. The number of rotatable bonds is 4. The van der Waals surface area contributed by atoms with Crippen molar-refractivity contribution in [2.75, 3.05) is 26.3 Å². The van der Waals surface area contributed by atoms with E-state index in [0.29, 0.717) is 12.2 Å². The zero-order chi connectivity index (χ0) is 23.2. The Kier molecular flexibility index (Phi) is 5.63. The van der Waals surface area contributed by atoms with E-state index in [1.54, 1.807) is 6.20 Å². The number of carbonyl (C=O) groups is 1. The Morgan fingerprint density at radius 3 is 2.79 bits per heavy atom. The summed E-state index contributed by atoms with van der Waals surface area (Å²) < 4.78 is 19.0. The molecule has 4 heterocycles. The summed E-state index contributed by atoms with van der Waals surface area (Å²) >= 11 is 0. The number of amides is 1. The van der Waals surface area contributed by atoms with Gasteiger partial charge in [-0.15, -0.1) is 0 Å². The second kappa shape index (κ2) is 8.35. The van der Waals surface area contributed by atoms with Gasteiger partial charge in [0.05, 0.1) is 31.1 Å². The zero-order valence-corrected chi connectivity index (χ0v) is 20.1. The topological polar surface area (TPSA) is 76.7 Å². The quantitative estimate of drug-likeness (QED) is 0.735. The van der Waals surface area contributed by atoms with Gasteiger partial charge in [0, 0.05) is 30.3 Å². The van der Waals surface area contributed by atoms with Crippen molar-refractivity contribution in [2.24, 2.45) is 11.3 Å². The van der Waals surface area contributed by atoms with E-state index in [4.69, 9.17) is 14.2 Å². The van der Waals surface area contributed by atoms with Gasteiger partial charge in [-0.3, -0.25) is 9.89 Å². The minimum atomic E-state index is -0.363. The van der Waals surface area contributed by atoms with Crippen LogP contribution in [0.1, 0.15) is 74.7 Å². The third kappa shape index (κ3) is 3.80. The summed E-state index contributed by atoms with van der Waals surface area (Å²) in [6.07, 6.45) is 5.38. The van der Waals surface area contributed by atoms with Crippen molar-refractivity contribution < 1.29 is 19.0 Å². The largest absolute Gasteiger partial charge is 0.490 e. The van der Waals surface area contributed by atoms with Crippen LogP contribution in [0.5, 0.6) is 11.5 Å². The number of piperidine rings is 1. The van der Waals surface area contributed by atoms with Crippen molar-refractivity contribution in [1.82, 2.24) is 15.1 Å². The fourth-order valence-electron chi connectivity index (χ4n) is 5.88. The van der Waals surface area contributed by atoms with Crippen LogP contribution in [0.2, 0.25) is 0 Å². The van der Waals surface area contributed by atoms with Crippen molar-refractivity contribution in [3.63, 3.8) is 0 Å². The Labute approximate surface area is 195 Å². The van der Waals surface area contributed by atoms with E-state index < -0.39 is 0 Å². The molecule has 1 amide bonds. The van der Waals surface area contributed by atoms with Crippen molar-refractivity contribution in [3.05, 3.63) is 41.2 Å². The molecule has 1 aromatic carbocycles. The molecule has 3 aliphatic heterocycles. The molecule has 1 N–H and O–H groups in total. The number of aromatic nitrogens is 2. The van der Waals surface area contributed by atoms with Crippen molar-refractivity contribution in [3.8, 4) is 11.5 Å². The van der Waals surface area contributed by atoms with E-state index in [1.807, 2.05) is 30.9 Å². The Hall–Kier alpha value is -2.54. The van der Waals surface area contributed by atoms with Crippen LogP contribution in [-0.4, -0.2) is 52.9 Å². The maximum atomic E-state index is 13.1. The number of benzene rings is 1. The fraction of sp³-hybridized carbons (Fsp3) is 0.615. The lowest BCUT2D eigenvalue weighted by molar-refractivity contribution is -0.173. The van der Waals surface area contributed by atoms with Gasteiger partial charge < -0.3 is 19.1 Å². The zero-order valence-electron chi connectivity index (χ0n) is 20.1. The number of aromatic amines is 1. The minimum Gasteiger partial charge on any atom is -0.490 e. The molecule has 33 heavy (non-hydrogen) atoms. The van der Waals surface area contributed by atoms with Gasteiger partial charge in [0.15, 0.2) is 11.5 Å². The van der Waals surface area contributed by atoms with Gasteiger partial charge in [-0.2, -0.15) is 5.10 Å². The molecule has 2 saturated heterocycles. The molecule has 2 fully saturated rings. The van der Waals surface area contributed by atoms with Crippen LogP contribution in [0.4, 0.5) is 0 Å². The lowest BCUT2D eigenvalue weighted by Crippen LogP contribution is -2.54. The lowest BCUT2D eigenvalue weighted by atomic mass is 9.64. The number of hydrogen-bond donors (Lipinski definition) is 1. The highest BCUT2D eigenvalue weighted by Gasteiger charge is 2.53. The van der Waals surface area contributed by atoms with E-state index in [-0.39, 0.29) is 28.9 Å². The van der Waals surface area contributed by atoms with Crippen LogP contribution in [-0.2, 0) is 11.2 Å². The number of likely N-dealkylation sites (tertiary alicyclic amines) is 1. The van der Waals surface area contributed by atoms with E-state index in [0.717, 1.165) is 68.1 Å². The first-order valence-corrected chi connectivity index (χ1v) is 12.3. The summed E-state index contributed by atoms with van der Waals surface area (Å²) in [4.78, 5) is 15.0. The van der Waals surface area contributed by atoms with Crippen molar-refractivity contribution in [2.45, 2.75) is 65.1 Å². The number of para-hydroxylation sites is 1. The molecule has 0 bridgehead atoms. The van der Waals surface area contributed by atoms with Crippen LogP contribution in [0, 0.1) is 11.3 Å². The molecule has 7 heteroatoms. The average Bonchev–Trinajstić information content (AvgIpc) is 3.29. The first-order chi connectivity index (χ1) is 15.9. The van der Waals surface area contributed by atoms with Gasteiger partial charge in [0.25, 0.3) is 5.91 Å². The van der Waals surface area contributed by atoms with Crippen LogP contribution < -0.4 is 9.47 Å². The number of nitrogens with one attached hydrogen (secondary N) is 1. The number of hydrogen-bond acceptors (Lipinski definition) is 5. The standard InChI is InChI=1S/C26H35N3O4/c1-5-20-18(15-27-28-20)24(30)29-12-10-26(11-13-29)14-19-22(32-16-26)17-8-7-9-21(31-6-2)23(17)33-25(19,3)4/h7-9,15,19,22H,5-6,10-14,16H2,1-4H3,(H,27,28)/t19-,22+/m0/s1. The number of ether oxygens (including phenoxy) is 3. The molecule has 0 unspecified atom stereocenters. The molecule has 2 aromatic rings. The first kappa shape index (κ1) is 22.3. The Balaban J connectivity index is 1.32. The number of fused-ring (bicyclic) bond motifs is 3. The summed E-state index contributed by atoms with van der Waals surface area (Å²) in [5.74, 6) is 1.96. The van der Waals surface area contributed by atoms with E-state index in [2.05, 4.69) is 30.1 Å². The highest BCUT2D eigenvalue weighted by molar-refractivity contribution is 5.95. The van der Waals surface area contributed by atoms with Crippen molar-refractivity contribution >= 4 is 5.91 Å². The maximum absolute atomic E-state index is 13.1.